The van der Waals surface area contributed by atoms with Crippen LogP contribution in [0.25, 0.3) is 0 Å². The van der Waals surface area contributed by atoms with Crippen molar-refractivity contribution >= 4 is 17.3 Å². The van der Waals surface area contributed by atoms with Gasteiger partial charge in [-0.3, -0.25) is 0 Å². The Morgan fingerprint density at radius 2 is 2.24 bits per heavy atom. The lowest BCUT2D eigenvalue weighted by Gasteiger charge is -2.38. The molecule has 1 aliphatic carbocycles. The molecule has 7 heteroatoms. The van der Waals surface area contributed by atoms with Crippen molar-refractivity contribution in [2.75, 3.05) is 13.1 Å². The molecule has 2 aromatic heterocycles. The standard InChI is InChI=1S/C18H26N6S/c1-14-21-22-16(23(14)2)12-20-17(19-11-15-5-3-10-25-15)24-9-8-18(13-24)6-4-7-18/h3,5,10H,4,6-9,11-13H2,1-2H3,(H,19,20). The van der Waals surface area contributed by atoms with Gasteiger partial charge in [0.05, 0.1) is 6.54 Å². The SMILES string of the molecule is Cc1nnc(CN=C(NCc2cccs2)N2CCC3(CCC3)C2)n1C. The Kier molecular flexibility index (Phi) is 4.50. The number of aromatic nitrogens is 3. The molecule has 2 aliphatic rings. The van der Waals surface area contributed by atoms with E-state index in [4.69, 9.17) is 4.99 Å². The van der Waals surface area contributed by atoms with Gasteiger partial charge in [-0.05, 0) is 43.0 Å². The number of nitrogens with zero attached hydrogens (tertiary/aromatic N) is 5. The number of hydrogen-bond donors (Lipinski definition) is 1. The highest BCUT2D eigenvalue weighted by molar-refractivity contribution is 7.09. The third kappa shape index (κ3) is 3.42. The molecule has 1 N–H and O–H groups in total. The zero-order chi connectivity index (χ0) is 17.3. The monoisotopic (exact) mass is 358 g/mol. The maximum absolute atomic E-state index is 4.89. The quantitative estimate of drug-likeness (QED) is 0.674. The second-order valence-corrected chi connectivity index (χ2v) is 8.35. The van der Waals surface area contributed by atoms with E-state index in [9.17, 15) is 0 Å². The minimum atomic E-state index is 0.562. The van der Waals surface area contributed by atoms with Crippen molar-refractivity contribution in [1.29, 1.82) is 0 Å². The van der Waals surface area contributed by atoms with Crippen LogP contribution in [-0.2, 0) is 20.1 Å². The van der Waals surface area contributed by atoms with Gasteiger partial charge in [-0.2, -0.15) is 0 Å². The Hall–Kier alpha value is -1.89. The molecule has 0 unspecified atom stereocenters. The van der Waals surface area contributed by atoms with Crippen molar-refractivity contribution in [1.82, 2.24) is 25.0 Å². The fourth-order valence-corrected chi connectivity index (χ4v) is 4.43. The molecule has 4 rings (SSSR count). The Bertz CT molecular complexity index is 744. The van der Waals surface area contributed by atoms with Crippen LogP contribution < -0.4 is 5.32 Å². The van der Waals surface area contributed by atoms with Crippen LogP contribution in [0.4, 0.5) is 0 Å². The predicted molar refractivity (Wildman–Crippen MR) is 101 cm³/mol. The molecule has 2 aromatic rings. The van der Waals surface area contributed by atoms with E-state index in [1.807, 2.05) is 18.5 Å². The fourth-order valence-electron chi connectivity index (χ4n) is 3.78. The summed E-state index contributed by atoms with van der Waals surface area (Å²) in [4.78, 5) is 8.66. The minimum absolute atomic E-state index is 0.562. The van der Waals surface area contributed by atoms with Crippen molar-refractivity contribution in [3.8, 4) is 0 Å². The Labute approximate surface area is 153 Å². The number of guanidine groups is 1. The number of likely N-dealkylation sites (tertiary alicyclic amines) is 1. The summed E-state index contributed by atoms with van der Waals surface area (Å²) in [6.07, 6.45) is 5.45. The molecule has 1 saturated heterocycles. The molecule has 0 bridgehead atoms. The number of hydrogen-bond acceptors (Lipinski definition) is 4. The Morgan fingerprint density at radius 1 is 1.36 bits per heavy atom. The summed E-state index contributed by atoms with van der Waals surface area (Å²) in [5.74, 6) is 2.84. The maximum atomic E-state index is 4.89. The summed E-state index contributed by atoms with van der Waals surface area (Å²) in [5, 5.41) is 14.1. The lowest BCUT2D eigenvalue weighted by molar-refractivity contribution is 0.151. The van der Waals surface area contributed by atoms with E-state index >= 15 is 0 Å². The van der Waals surface area contributed by atoms with Gasteiger partial charge in [0.2, 0.25) is 0 Å². The molecule has 0 radical (unpaired) electrons. The number of nitrogens with one attached hydrogen (secondary N) is 1. The highest BCUT2D eigenvalue weighted by Gasteiger charge is 2.43. The summed E-state index contributed by atoms with van der Waals surface area (Å²) in [6.45, 7) is 5.61. The van der Waals surface area contributed by atoms with E-state index in [-0.39, 0.29) is 0 Å². The van der Waals surface area contributed by atoms with E-state index in [1.165, 1.54) is 30.6 Å². The van der Waals surface area contributed by atoms with Gasteiger partial charge in [0.25, 0.3) is 0 Å². The van der Waals surface area contributed by atoms with Gasteiger partial charge in [0, 0.05) is 25.0 Å². The second kappa shape index (κ2) is 6.78. The summed E-state index contributed by atoms with van der Waals surface area (Å²) >= 11 is 1.78. The lowest BCUT2D eigenvalue weighted by Crippen LogP contribution is -2.42. The summed E-state index contributed by atoms with van der Waals surface area (Å²) in [7, 11) is 2.00. The van der Waals surface area contributed by atoms with Crippen LogP contribution in [0.2, 0.25) is 0 Å². The zero-order valence-electron chi connectivity index (χ0n) is 15.0. The summed E-state index contributed by atoms with van der Waals surface area (Å²) < 4.78 is 2.01. The van der Waals surface area contributed by atoms with Crippen molar-refractivity contribution in [2.24, 2.45) is 17.5 Å². The van der Waals surface area contributed by atoms with Crippen molar-refractivity contribution in [2.45, 2.75) is 45.7 Å². The van der Waals surface area contributed by atoms with E-state index in [1.54, 1.807) is 11.3 Å². The van der Waals surface area contributed by atoms with Gasteiger partial charge in [-0.15, -0.1) is 21.5 Å². The minimum Gasteiger partial charge on any atom is -0.351 e. The maximum Gasteiger partial charge on any atom is 0.194 e. The molecule has 1 saturated carbocycles. The molecular weight excluding hydrogens is 332 g/mol. The van der Waals surface area contributed by atoms with E-state index < -0.39 is 0 Å². The molecule has 0 atom stereocenters. The first-order valence-electron chi connectivity index (χ1n) is 9.06. The highest BCUT2D eigenvalue weighted by Crippen LogP contribution is 2.47. The first-order valence-corrected chi connectivity index (χ1v) is 9.94. The molecular formula is C18H26N6S. The van der Waals surface area contributed by atoms with Crippen LogP contribution in [0.15, 0.2) is 22.5 Å². The first-order chi connectivity index (χ1) is 12.2. The summed E-state index contributed by atoms with van der Waals surface area (Å²) in [5.41, 5.74) is 0.562. The van der Waals surface area contributed by atoms with Crippen LogP contribution in [-0.4, -0.2) is 38.7 Å². The van der Waals surface area contributed by atoms with Crippen LogP contribution in [0, 0.1) is 12.3 Å². The van der Waals surface area contributed by atoms with Crippen molar-refractivity contribution in [3.05, 3.63) is 34.0 Å². The molecule has 3 heterocycles. The van der Waals surface area contributed by atoms with Crippen LogP contribution in [0.3, 0.4) is 0 Å². The third-order valence-corrected chi connectivity index (χ3v) is 6.58. The zero-order valence-corrected chi connectivity index (χ0v) is 15.8. The van der Waals surface area contributed by atoms with Gasteiger partial charge >= 0.3 is 0 Å². The van der Waals surface area contributed by atoms with Gasteiger partial charge in [0.1, 0.15) is 12.4 Å². The average Bonchev–Trinajstić information content (AvgIpc) is 3.30. The lowest BCUT2D eigenvalue weighted by atomic mass is 9.68. The van der Waals surface area contributed by atoms with Gasteiger partial charge in [-0.1, -0.05) is 12.5 Å². The number of thiophene rings is 1. The first kappa shape index (κ1) is 16.6. The molecule has 1 aliphatic heterocycles. The molecule has 2 fully saturated rings. The molecule has 0 amide bonds. The average molecular weight is 359 g/mol. The molecule has 1 spiro atoms. The van der Waals surface area contributed by atoms with Crippen LogP contribution in [0.5, 0.6) is 0 Å². The van der Waals surface area contributed by atoms with Crippen molar-refractivity contribution < 1.29 is 0 Å². The normalized spacial score (nSPS) is 19.4. The van der Waals surface area contributed by atoms with Crippen LogP contribution in [0.1, 0.15) is 42.2 Å². The van der Waals surface area contributed by atoms with E-state index in [0.29, 0.717) is 12.0 Å². The Morgan fingerprint density at radius 3 is 2.84 bits per heavy atom. The largest absolute Gasteiger partial charge is 0.351 e. The van der Waals surface area contributed by atoms with Crippen molar-refractivity contribution in [3.63, 3.8) is 0 Å². The fraction of sp³-hybridized carbons (Fsp3) is 0.611. The Balaban J connectivity index is 1.48. The topological polar surface area (TPSA) is 58.3 Å². The van der Waals surface area contributed by atoms with Gasteiger partial charge in [0.15, 0.2) is 11.8 Å². The molecule has 6 nitrogen and oxygen atoms in total. The molecule has 25 heavy (non-hydrogen) atoms. The highest BCUT2D eigenvalue weighted by atomic mass is 32.1. The third-order valence-electron chi connectivity index (χ3n) is 5.71. The second-order valence-electron chi connectivity index (χ2n) is 7.32. The molecule has 0 aromatic carbocycles. The summed E-state index contributed by atoms with van der Waals surface area (Å²) in [6, 6.07) is 4.26. The number of rotatable bonds is 4. The van der Waals surface area contributed by atoms with Gasteiger partial charge < -0.3 is 14.8 Å². The smallest absolute Gasteiger partial charge is 0.194 e. The van der Waals surface area contributed by atoms with E-state index in [2.05, 4.69) is 37.9 Å². The van der Waals surface area contributed by atoms with E-state index in [0.717, 1.165) is 37.2 Å². The number of aryl methyl sites for hydroxylation is 1. The van der Waals surface area contributed by atoms with Crippen LogP contribution >= 0.6 is 11.3 Å². The van der Waals surface area contributed by atoms with Gasteiger partial charge in [-0.25, -0.2) is 4.99 Å². The molecule has 134 valence electrons. The predicted octanol–water partition coefficient (Wildman–Crippen LogP) is 2.71. The number of aliphatic imine (C=N–C) groups is 1.